The molecule has 3 fully saturated rings. The molecule has 34 heavy (non-hydrogen) atoms. The van der Waals surface area contributed by atoms with Crippen LogP contribution in [0.25, 0.3) is 0 Å². The summed E-state index contributed by atoms with van der Waals surface area (Å²) in [6.45, 7) is 4.96. The maximum atomic E-state index is 13.4. The van der Waals surface area contributed by atoms with Crippen LogP contribution in [0.4, 0.5) is 8.78 Å². The summed E-state index contributed by atoms with van der Waals surface area (Å²) < 4.78 is 33.2. The Morgan fingerprint density at radius 1 is 1.15 bits per heavy atom. The van der Waals surface area contributed by atoms with Gasteiger partial charge in [0.05, 0.1) is 0 Å². The zero-order valence-corrected chi connectivity index (χ0v) is 19.5. The molecule has 2 amide bonds. The summed E-state index contributed by atoms with van der Waals surface area (Å²) in [7, 11) is 0. The topological polar surface area (TPSA) is 70.7 Å². The van der Waals surface area contributed by atoms with Gasteiger partial charge in [-0.05, 0) is 81.2 Å². The Hall–Kier alpha value is -2.48. The van der Waals surface area contributed by atoms with Gasteiger partial charge in [-0.15, -0.1) is 0 Å². The third-order valence-electron chi connectivity index (χ3n) is 7.85. The van der Waals surface area contributed by atoms with Gasteiger partial charge in [0.25, 0.3) is 5.91 Å². The summed E-state index contributed by atoms with van der Waals surface area (Å²) in [4.78, 5) is 27.0. The first-order chi connectivity index (χ1) is 16.3. The number of amides is 2. The summed E-state index contributed by atoms with van der Waals surface area (Å²) in [6, 6.07) is 5.28. The number of rotatable bonds is 6. The van der Waals surface area contributed by atoms with Gasteiger partial charge >= 0.3 is 0 Å². The van der Waals surface area contributed by atoms with Crippen LogP contribution in [0.1, 0.15) is 73.7 Å². The highest BCUT2D eigenvalue weighted by molar-refractivity contribution is 6.01. The Bertz CT molecular complexity index is 972. The molecule has 1 saturated heterocycles. The van der Waals surface area contributed by atoms with Gasteiger partial charge in [-0.1, -0.05) is 6.58 Å². The fourth-order valence-corrected chi connectivity index (χ4v) is 5.80. The number of fused-ring (bicyclic) bond motifs is 1. The van der Waals surface area contributed by atoms with Crippen molar-refractivity contribution in [2.45, 2.75) is 88.4 Å². The molecule has 2 aliphatic heterocycles. The quantitative estimate of drug-likeness (QED) is 0.651. The van der Waals surface area contributed by atoms with Crippen LogP contribution in [0.5, 0.6) is 5.75 Å². The normalized spacial score (nSPS) is 29.3. The highest BCUT2D eigenvalue weighted by Gasteiger charge is 2.39. The fraction of sp³-hybridized carbons (Fsp3) is 0.615. The second-order valence-electron chi connectivity index (χ2n) is 10.3. The van der Waals surface area contributed by atoms with Crippen molar-refractivity contribution in [3.63, 3.8) is 0 Å². The number of carbonyl (C=O) groups excluding carboxylic acids is 2. The van der Waals surface area contributed by atoms with E-state index in [1.165, 1.54) is 0 Å². The van der Waals surface area contributed by atoms with E-state index < -0.39 is 12.0 Å². The zero-order chi connectivity index (χ0) is 23.9. The lowest BCUT2D eigenvalue weighted by Gasteiger charge is -2.31. The van der Waals surface area contributed by atoms with Crippen molar-refractivity contribution in [2.75, 3.05) is 6.54 Å². The lowest BCUT2D eigenvalue weighted by Crippen LogP contribution is -2.49. The van der Waals surface area contributed by atoms with Crippen molar-refractivity contribution in [1.29, 1.82) is 0 Å². The van der Waals surface area contributed by atoms with E-state index in [-0.39, 0.29) is 36.8 Å². The monoisotopic (exact) mass is 473 g/mol. The second-order valence-corrected chi connectivity index (χ2v) is 10.3. The van der Waals surface area contributed by atoms with Crippen molar-refractivity contribution in [3.05, 3.63) is 41.6 Å². The molecule has 3 unspecified atom stereocenters. The van der Waals surface area contributed by atoms with Gasteiger partial charge in [-0.2, -0.15) is 0 Å². The largest absolute Gasteiger partial charge is 0.489 e. The van der Waals surface area contributed by atoms with E-state index in [4.69, 9.17) is 4.74 Å². The van der Waals surface area contributed by atoms with Gasteiger partial charge in [-0.25, -0.2) is 8.78 Å². The molecule has 1 aromatic rings. The van der Waals surface area contributed by atoms with Crippen LogP contribution in [0.15, 0.2) is 30.5 Å². The summed E-state index contributed by atoms with van der Waals surface area (Å²) in [5, 5.41) is 6.34. The molecule has 1 aromatic carbocycles. The Balaban J connectivity index is 1.18. The molecule has 0 bridgehead atoms. The molecule has 2 saturated carbocycles. The molecule has 2 heterocycles. The van der Waals surface area contributed by atoms with E-state index in [1.54, 1.807) is 11.0 Å². The number of carbonyl (C=O) groups is 2. The third-order valence-corrected chi connectivity index (χ3v) is 7.85. The average molecular weight is 474 g/mol. The summed E-state index contributed by atoms with van der Waals surface area (Å²) >= 11 is 0. The lowest BCUT2D eigenvalue weighted by molar-refractivity contribution is -0.126. The Morgan fingerprint density at radius 2 is 1.94 bits per heavy atom. The van der Waals surface area contributed by atoms with Crippen LogP contribution >= 0.6 is 0 Å². The highest BCUT2D eigenvalue weighted by Crippen LogP contribution is 2.36. The van der Waals surface area contributed by atoms with Crippen molar-refractivity contribution in [3.8, 4) is 5.75 Å². The predicted octanol–water partition coefficient (Wildman–Crippen LogP) is 4.15. The van der Waals surface area contributed by atoms with E-state index >= 15 is 0 Å². The molecule has 3 atom stereocenters. The lowest BCUT2D eigenvalue weighted by atomic mass is 9.86. The number of hydrogen-bond acceptors (Lipinski definition) is 4. The molecule has 8 heteroatoms. The van der Waals surface area contributed by atoms with Gasteiger partial charge in [-0.3, -0.25) is 9.59 Å². The van der Waals surface area contributed by atoms with Crippen LogP contribution in [0.3, 0.4) is 0 Å². The molecule has 2 aliphatic carbocycles. The first kappa shape index (κ1) is 23.3. The molecule has 184 valence electrons. The molecular weight excluding hydrogens is 440 g/mol. The first-order valence-corrected chi connectivity index (χ1v) is 12.5. The molecule has 0 spiro atoms. The van der Waals surface area contributed by atoms with E-state index in [1.807, 2.05) is 12.1 Å². The van der Waals surface area contributed by atoms with Crippen LogP contribution in [0, 0.1) is 5.92 Å². The summed E-state index contributed by atoms with van der Waals surface area (Å²) in [5.74, 6) is -1.75. The average Bonchev–Trinajstić information content (AvgIpc) is 3.37. The van der Waals surface area contributed by atoms with E-state index in [0.29, 0.717) is 49.4 Å². The standard InChI is InChI=1S/C26H33F2N3O3/c1-16-5-8-22(24(32)30-16)31-15-18-13-19(6-7-20(18)25(31)33)34-23-4-2-3-21(23)29-14-17-9-11-26(27,28)12-10-17/h6-7,13,17,21-23,29H,1-5,8-12,14-15H2,(H,30,32). The van der Waals surface area contributed by atoms with Gasteiger partial charge in [0, 0.05) is 36.7 Å². The number of benzene rings is 1. The van der Waals surface area contributed by atoms with Crippen LogP contribution in [-0.4, -0.2) is 47.4 Å². The van der Waals surface area contributed by atoms with E-state index in [9.17, 15) is 18.4 Å². The fourth-order valence-electron chi connectivity index (χ4n) is 5.80. The molecule has 0 aromatic heterocycles. The van der Waals surface area contributed by atoms with Crippen molar-refractivity contribution in [2.24, 2.45) is 5.92 Å². The second kappa shape index (κ2) is 9.29. The minimum absolute atomic E-state index is 0.00786. The SMILES string of the molecule is C=C1CCC(N2Cc3cc(OC4CCCC4NCC4CCC(F)(F)CC4)ccc3C2=O)C(=O)N1. The Kier molecular flexibility index (Phi) is 6.35. The minimum Gasteiger partial charge on any atom is -0.489 e. The summed E-state index contributed by atoms with van der Waals surface area (Å²) in [5.41, 5.74) is 2.20. The number of nitrogens with one attached hydrogen (secondary N) is 2. The van der Waals surface area contributed by atoms with E-state index in [0.717, 1.165) is 37.1 Å². The highest BCUT2D eigenvalue weighted by atomic mass is 19.3. The Labute approximate surface area is 199 Å². The van der Waals surface area contributed by atoms with Gasteiger partial charge in [0.2, 0.25) is 11.8 Å². The van der Waals surface area contributed by atoms with Crippen LogP contribution in [-0.2, 0) is 11.3 Å². The molecule has 6 nitrogen and oxygen atoms in total. The number of allylic oxidation sites excluding steroid dienone is 1. The molecule has 0 radical (unpaired) electrons. The minimum atomic E-state index is -2.49. The van der Waals surface area contributed by atoms with Gasteiger partial charge in [0.15, 0.2) is 0 Å². The number of ether oxygens (including phenoxy) is 1. The van der Waals surface area contributed by atoms with Crippen molar-refractivity contribution >= 4 is 11.8 Å². The van der Waals surface area contributed by atoms with Gasteiger partial charge < -0.3 is 20.3 Å². The first-order valence-electron chi connectivity index (χ1n) is 12.5. The van der Waals surface area contributed by atoms with Crippen molar-refractivity contribution < 1.29 is 23.1 Å². The maximum Gasteiger partial charge on any atom is 0.255 e. The number of halogens is 2. The number of nitrogens with zero attached hydrogens (tertiary/aromatic N) is 1. The Morgan fingerprint density at radius 3 is 2.71 bits per heavy atom. The van der Waals surface area contributed by atoms with Gasteiger partial charge in [0.1, 0.15) is 17.9 Å². The third kappa shape index (κ3) is 4.83. The smallest absolute Gasteiger partial charge is 0.255 e. The van der Waals surface area contributed by atoms with E-state index in [2.05, 4.69) is 17.2 Å². The number of alkyl halides is 2. The van der Waals surface area contributed by atoms with Crippen LogP contribution in [0.2, 0.25) is 0 Å². The number of piperidine rings is 1. The van der Waals surface area contributed by atoms with Crippen molar-refractivity contribution in [1.82, 2.24) is 15.5 Å². The summed E-state index contributed by atoms with van der Waals surface area (Å²) in [6.07, 6.45) is 5.41. The predicted molar refractivity (Wildman–Crippen MR) is 124 cm³/mol. The zero-order valence-electron chi connectivity index (χ0n) is 19.5. The molecule has 4 aliphatic rings. The molecule has 5 rings (SSSR count). The molecule has 2 N–H and O–H groups in total. The van der Waals surface area contributed by atoms with Crippen LogP contribution < -0.4 is 15.4 Å². The number of hydrogen-bond donors (Lipinski definition) is 2. The molecular formula is C26H33F2N3O3. The maximum absolute atomic E-state index is 13.4.